The fourth-order valence-electron chi connectivity index (χ4n) is 3.29. The number of fused-ring (bicyclic) bond motifs is 2. The molecule has 0 bridgehead atoms. The van der Waals surface area contributed by atoms with Gasteiger partial charge in [0.2, 0.25) is 5.89 Å². The number of imide groups is 1. The topological polar surface area (TPSA) is 63.4 Å². The predicted octanol–water partition coefficient (Wildman–Crippen LogP) is 5.82. The summed E-state index contributed by atoms with van der Waals surface area (Å²) in [4.78, 5) is 31.6. The van der Waals surface area contributed by atoms with E-state index >= 15 is 0 Å². The van der Waals surface area contributed by atoms with Crippen LogP contribution in [0.4, 0.5) is 5.69 Å². The lowest BCUT2D eigenvalue weighted by Crippen LogP contribution is -2.29. The summed E-state index contributed by atoms with van der Waals surface area (Å²) in [5.74, 6) is -0.312. The van der Waals surface area contributed by atoms with Gasteiger partial charge < -0.3 is 4.42 Å². The Hall–Kier alpha value is -2.77. The first-order chi connectivity index (χ1) is 13.5. The number of aromatic nitrogens is 1. The molecule has 5 nitrogen and oxygen atoms in total. The monoisotopic (exact) mass is 496 g/mol. The van der Waals surface area contributed by atoms with E-state index in [9.17, 15) is 9.59 Å². The first kappa shape index (κ1) is 17.3. The van der Waals surface area contributed by atoms with Crippen LogP contribution in [0.15, 0.2) is 74.0 Å². The number of hydrogen-bond acceptors (Lipinski definition) is 4. The second kappa shape index (κ2) is 6.39. The van der Waals surface area contributed by atoms with Gasteiger partial charge >= 0.3 is 0 Å². The van der Waals surface area contributed by atoms with Crippen LogP contribution in [0.2, 0.25) is 0 Å². The third-order valence-electron chi connectivity index (χ3n) is 4.58. The molecular formula is C21H10Br2N2O3. The second-order valence-electron chi connectivity index (χ2n) is 6.26. The van der Waals surface area contributed by atoms with E-state index in [1.54, 1.807) is 30.3 Å². The van der Waals surface area contributed by atoms with Crippen molar-refractivity contribution in [3.8, 4) is 11.5 Å². The van der Waals surface area contributed by atoms with Crippen molar-refractivity contribution < 1.29 is 14.0 Å². The largest absolute Gasteiger partial charge is 0.436 e. The Labute approximate surface area is 176 Å². The molecule has 1 aliphatic rings. The molecule has 5 rings (SSSR count). The molecule has 4 aromatic rings. The molecule has 1 aromatic heterocycles. The zero-order chi connectivity index (χ0) is 19.4. The molecule has 0 saturated heterocycles. The molecule has 28 heavy (non-hydrogen) atoms. The van der Waals surface area contributed by atoms with E-state index < -0.39 is 0 Å². The highest BCUT2D eigenvalue weighted by Gasteiger charge is 2.40. The molecule has 3 aromatic carbocycles. The van der Waals surface area contributed by atoms with Crippen LogP contribution in [0, 0.1) is 0 Å². The Morgan fingerprint density at radius 2 is 1.50 bits per heavy atom. The van der Waals surface area contributed by atoms with Crippen molar-refractivity contribution in [2.45, 2.75) is 0 Å². The summed E-state index contributed by atoms with van der Waals surface area (Å²) < 4.78 is 6.98. The summed E-state index contributed by atoms with van der Waals surface area (Å²) in [5, 5.41) is 0. The van der Waals surface area contributed by atoms with Crippen molar-refractivity contribution >= 4 is 60.5 Å². The highest BCUT2D eigenvalue weighted by Crippen LogP contribution is 2.38. The van der Waals surface area contributed by atoms with Gasteiger partial charge in [0, 0.05) is 14.5 Å². The van der Waals surface area contributed by atoms with E-state index in [0.29, 0.717) is 42.8 Å². The lowest BCUT2D eigenvalue weighted by molar-refractivity contribution is 0.0926. The number of para-hydroxylation sites is 2. The Kier molecular flexibility index (Phi) is 3.96. The van der Waals surface area contributed by atoms with E-state index in [2.05, 4.69) is 36.8 Å². The molecule has 0 saturated carbocycles. The molecule has 0 fully saturated rings. The smallest absolute Gasteiger partial charge is 0.267 e. The number of nitrogens with zero attached hydrogens (tertiary/aromatic N) is 2. The van der Waals surface area contributed by atoms with Crippen molar-refractivity contribution in [2.75, 3.05) is 4.90 Å². The van der Waals surface area contributed by atoms with Gasteiger partial charge in [-0.1, -0.05) is 18.2 Å². The molecule has 7 heteroatoms. The minimum Gasteiger partial charge on any atom is -0.436 e. The summed E-state index contributed by atoms with van der Waals surface area (Å²) >= 11 is 6.75. The fourth-order valence-corrected chi connectivity index (χ4v) is 4.29. The van der Waals surface area contributed by atoms with Gasteiger partial charge in [-0.05, 0) is 74.3 Å². The van der Waals surface area contributed by atoms with Crippen molar-refractivity contribution in [2.24, 2.45) is 0 Å². The summed E-state index contributed by atoms with van der Waals surface area (Å²) in [6.07, 6.45) is 0. The summed E-state index contributed by atoms with van der Waals surface area (Å²) in [6.45, 7) is 0. The maximum absolute atomic E-state index is 13.0. The van der Waals surface area contributed by atoms with Gasteiger partial charge in [-0.25, -0.2) is 9.88 Å². The molecule has 136 valence electrons. The predicted molar refractivity (Wildman–Crippen MR) is 112 cm³/mol. The van der Waals surface area contributed by atoms with Crippen LogP contribution in [0.5, 0.6) is 0 Å². The molecule has 0 spiro atoms. The molecule has 0 radical (unpaired) electrons. The lowest BCUT2D eigenvalue weighted by atomic mass is 10.1. The molecule has 0 unspecified atom stereocenters. The van der Waals surface area contributed by atoms with Crippen molar-refractivity contribution in [1.29, 1.82) is 0 Å². The average molecular weight is 498 g/mol. The van der Waals surface area contributed by atoms with Crippen LogP contribution in [-0.2, 0) is 0 Å². The first-order valence-corrected chi connectivity index (χ1v) is 9.96. The van der Waals surface area contributed by atoms with Crippen molar-refractivity contribution in [1.82, 2.24) is 4.98 Å². The van der Waals surface area contributed by atoms with Gasteiger partial charge in [-0.2, -0.15) is 0 Å². The minimum atomic E-state index is -0.372. The molecule has 2 heterocycles. The van der Waals surface area contributed by atoms with Gasteiger partial charge in [-0.3, -0.25) is 9.59 Å². The van der Waals surface area contributed by atoms with E-state index in [-0.39, 0.29) is 11.8 Å². The number of anilines is 1. The number of halogens is 2. The van der Waals surface area contributed by atoms with E-state index in [0.717, 1.165) is 5.52 Å². The summed E-state index contributed by atoms with van der Waals surface area (Å²) in [6, 6.07) is 18.0. The van der Waals surface area contributed by atoms with E-state index in [1.807, 2.05) is 30.3 Å². The number of carbonyl (C=O) groups excluding carboxylic acids is 2. The molecule has 1 aliphatic heterocycles. The summed E-state index contributed by atoms with van der Waals surface area (Å²) in [7, 11) is 0. The maximum atomic E-state index is 13.0. The number of rotatable bonds is 2. The lowest BCUT2D eigenvalue weighted by Gasteiger charge is -2.14. The maximum Gasteiger partial charge on any atom is 0.267 e. The summed E-state index contributed by atoms with van der Waals surface area (Å²) in [5.41, 5.74) is 3.28. The SMILES string of the molecule is O=C1c2c(Br)ccc(Br)c2C(=O)N1c1cccc(-c2nc3ccccc3o2)c1. The van der Waals surface area contributed by atoms with E-state index in [1.165, 1.54) is 4.90 Å². The van der Waals surface area contributed by atoms with Crippen molar-refractivity contribution in [3.05, 3.63) is 80.7 Å². The Bertz CT molecular complexity index is 1220. The van der Waals surface area contributed by atoms with Crippen LogP contribution in [0.25, 0.3) is 22.6 Å². The number of hydrogen-bond donors (Lipinski definition) is 0. The second-order valence-corrected chi connectivity index (χ2v) is 7.97. The van der Waals surface area contributed by atoms with Gasteiger partial charge in [0.1, 0.15) is 5.52 Å². The van der Waals surface area contributed by atoms with Crippen LogP contribution < -0.4 is 4.90 Å². The zero-order valence-electron chi connectivity index (χ0n) is 14.1. The zero-order valence-corrected chi connectivity index (χ0v) is 17.3. The third kappa shape index (κ3) is 2.54. The highest BCUT2D eigenvalue weighted by molar-refractivity contribution is 9.11. The van der Waals surface area contributed by atoms with E-state index in [4.69, 9.17) is 4.42 Å². The van der Waals surface area contributed by atoms with Gasteiger partial charge in [0.05, 0.1) is 16.8 Å². The molecule has 0 N–H and O–H groups in total. The third-order valence-corrected chi connectivity index (χ3v) is 5.90. The number of benzene rings is 3. The standard InChI is InChI=1S/C21H10Br2N2O3/c22-13-8-9-14(23)18-17(13)20(26)25(21(18)27)12-5-3-4-11(10-12)19-24-15-6-1-2-7-16(15)28-19/h1-10H. The Morgan fingerprint density at radius 1 is 0.821 bits per heavy atom. The quantitative estimate of drug-likeness (QED) is 0.327. The first-order valence-electron chi connectivity index (χ1n) is 8.37. The highest BCUT2D eigenvalue weighted by atomic mass is 79.9. The van der Waals surface area contributed by atoms with Crippen LogP contribution >= 0.6 is 31.9 Å². The van der Waals surface area contributed by atoms with Gasteiger partial charge in [0.25, 0.3) is 11.8 Å². The van der Waals surface area contributed by atoms with Crippen LogP contribution in [0.3, 0.4) is 0 Å². The number of oxazole rings is 1. The molecule has 2 amide bonds. The van der Waals surface area contributed by atoms with Crippen molar-refractivity contribution in [3.63, 3.8) is 0 Å². The average Bonchev–Trinajstić information content (AvgIpc) is 3.24. The molecular weight excluding hydrogens is 488 g/mol. The fraction of sp³-hybridized carbons (Fsp3) is 0. The van der Waals surface area contributed by atoms with Gasteiger partial charge in [-0.15, -0.1) is 0 Å². The number of amides is 2. The normalized spacial score (nSPS) is 13.4. The Balaban J connectivity index is 1.61. The molecule has 0 aliphatic carbocycles. The Morgan fingerprint density at radius 3 is 2.18 bits per heavy atom. The molecule has 0 atom stereocenters. The van der Waals surface area contributed by atoms with Gasteiger partial charge in [0.15, 0.2) is 5.58 Å². The van der Waals surface area contributed by atoms with Crippen LogP contribution in [-0.4, -0.2) is 16.8 Å². The van der Waals surface area contributed by atoms with Crippen LogP contribution in [0.1, 0.15) is 20.7 Å². The number of carbonyl (C=O) groups is 2. The minimum absolute atomic E-state index is 0.353.